The zero-order chi connectivity index (χ0) is 15.3. The van der Waals surface area contributed by atoms with E-state index in [9.17, 15) is 4.79 Å². The largest absolute Gasteiger partial charge is 0.487 e. The Bertz CT molecular complexity index is 477. The second kappa shape index (κ2) is 7.39. The summed E-state index contributed by atoms with van der Waals surface area (Å²) in [6, 6.07) is 5.00. The third-order valence-corrected chi connectivity index (χ3v) is 3.94. The summed E-state index contributed by atoms with van der Waals surface area (Å²) in [6.45, 7) is 5.77. The predicted octanol–water partition coefficient (Wildman–Crippen LogP) is 4.14. The van der Waals surface area contributed by atoms with Crippen molar-refractivity contribution >= 4 is 40.7 Å². The average Bonchev–Trinajstić information content (AvgIpc) is 2.40. The van der Waals surface area contributed by atoms with Gasteiger partial charge >= 0.3 is 0 Å². The lowest BCUT2D eigenvalue weighted by atomic mass is 9.95. The van der Waals surface area contributed by atoms with Crippen LogP contribution in [0.1, 0.15) is 20.8 Å². The first-order chi connectivity index (χ1) is 9.26. The van der Waals surface area contributed by atoms with Crippen LogP contribution < -0.4 is 10.1 Å². The third-order valence-electron chi connectivity index (χ3n) is 2.72. The summed E-state index contributed by atoms with van der Waals surface area (Å²) in [5.41, 5.74) is -0.602. The Balaban J connectivity index is 2.54. The number of hydrogen-bond acceptors (Lipinski definition) is 2. The van der Waals surface area contributed by atoms with Gasteiger partial charge in [0.05, 0.1) is 17.0 Å². The standard InChI is InChI=1S/C14H18Cl3NO2/c1-9(7-18-13(19)14(2,3)8-15)20-12-6-10(16)4-5-11(12)17/h4-6,9H,7-8H2,1-3H3,(H,18,19). The van der Waals surface area contributed by atoms with Gasteiger partial charge < -0.3 is 10.1 Å². The molecule has 1 rings (SSSR count). The Kier molecular flexibility index (Phi) is 6.44. The lowest BCUT2D eigenvalue weighted by Gasteiger charge is -2.22. The zero-order valence-electron chi connectivity index (χ0n) is 11.7. The molecule has 1 N–H and O–H groups in total. The van der Waals surface area contributed by atoms with Crippen molar-refractivity contribution in [1.82, 2.24) is 5.32 Å². The van der Waals surface area contributed by atoms with E-state index < -0.39 is 5.41 Å². The number of amides is 1. The van der Waals surface area contributed by atoms with Gasteiger partial charge in [-0.05, 0) is 32.9 Å². The number of alkyl halides is 1. The fourth-order valence-electron chi connectivity index (χ4n) is 1.36. The van der Waals surface area contributed by atoms with E-state index in [0.29, 0.717) is 22.3 Å². The van der Waals surface area contributed by atoms with E-state index in [2.05, 4.69) is 5.32 Å². The van der Waals surface area contributed by atoms with Gasteiger partial charge in [-0.15, -0.1) is 11.6 Å². The number of hydrogen-bond donors (Lipinski definition) is 1. The molecular formula is C14H18Cl3NO2. The molecule has 0 saturated heterocycles. The summed E-state index contributed by atoms with van der Waals surface area (Å²) in [5.74, 6) is 0.645. The van der Waals surface area contributed by atoms with Crippen LogP contribution in [0.25, 0.3) is 0 Å². The van der Waals surface area contributed by atoms with Crippen LogP contribution in [0.15, 0.2) is 18.2 Å². The Labute approximate surface area is 134 Å². The molecule has 0 aromatic heterocycles. The fourth-order valence-corrected chi connectivity index (χ4v) is 1.81. The van der Waals surface area contributed by atoms with Gasteiger partial charge in [-0.2, -0.15) is 0 Å². The van der Waals surface area contributed by atoms with Crippen molar-refractivity contribution in [3.63, 3.8) is 0 Å². The molecule has 112 valence electrons. The van der Waals surface area contributed by atoms with Gasteiger partial charge in [0.2, 0.25) is 5.91 Å². The van der Waals surface area contributed by atoms with Crippen LogP contribution in [0.2, 0.25) is 10.0 Å². The number of ether oxygens (including phenoxy) is 1. The maximum absolute atomic E-state index is 11.9. The number of carbonyl (C=O) groups is 1. The predicted molar refractivity (Wildman–Crippen MR) is 84.1 cm³/mol. The number of carbonyl (C=O) groups excluding carboxylic acids is 1. The van der Waals surface area contributed by atoms with E-state index >= 15 is 0 Å². The second-order valence-corrected chi connectivity index (χ2v) is 6.34. The molecule has 6 heteroatoms. The summed E-state index contributed by atoms with van der Waals surface area (Å²) in [4.78, 5) is 11.9. The highest BCUT2D eigenvalue weighted by molar-refractivity contribution is 6.34. The summed E-state index contributed by atoms with van der Waals surface area (Å²) in [7, 11) is 0. The Hall–Kier alpha value is -0.640. The fraction of sp³-hybridized carbons (Fsp3) is 0.500. The molecule has 1 atom stereocenters. The Morgan fingerprint density at radius 3 is 2.65 bits per heavy atom. The lowest BCUT2D eigenvalue weighted by Crippen LogP contribution is -2.42. The maximum Gasteiger partial charge on any atom is 0.226 e. The van der Waals surface area contributed by atoms with Gasteiger partial charge in [-0.3, -0.25) is 4.79 Å². The van der Waals surface area contributed by atoms with Crippen LogP contribution in [-0.2, 0) is 4.79 Å². The van der Waals surface area contributed by atoms with E-state index in [1.807, 2.05) is 6.92 Å². The molecule has 1 amide bonds. The van der Waals surface area contributed by atoms with Gasteiger partial charge in [0, 0.05) is 17.0 Å². The SMILES string of the molecule is CC(CNC(=O)C(C)(C)CCl)Oc1cc(Cl)ccc1Cl. The third kappa shape index (κ3) is 5.04. The second-order valence-electron chi connectivity index (χ2n) is 5.23. The van der Waals surface area contributed by atoms with Crippen LogP contribution in [0.4, 0.5) is 0 Å². The van der Waals surface area contributed by atoms with E-state index in [-0.39, 0.29) is 17.9 Å². The van der Waals surface area contributed by atoms with Crippen LogP contribution in [-0.4, -0.2) is 24.4 Å². The van der Waals surface area contributed by atoms with Gasteiger partial charge in [0.25, 0.3) is 0 Å². The van der Waals surface area contributed by atoms with E-state index in [0.717, 1.165) is 0 Å². The first-order valence-corrected chi connectivity index (χ1v) is 7.51. The lowest BCUT2D eigenvalue weighted by molar-refractivity contribution is -0.128. The van der Waals surface area contributed by atoms with Crippen LogP contribution in [0, 0.1) is 5.41 Å². The minimum atomic E-state index is -0.602. The maximum atomic E-state index is 11.9. The molecule has 3 nitrogen and oxygen atoms in total. The van der Waals surface area contributed by atoms with E-state index in [1.165, 1.54) is 0 Å². The molecule has 0 aliphatic carbocycles. The molecule has 1 aromatic rings. The number of benzene rings is 1. The van der Waals surface area contributed by atoms with Crippen molar-refractivity contribution in [1.29, 1.82) is 0 Å². The highest BCUT2D eigenvalue weighted by Gasteiger charge is 2.26. The van der Waals surface area contributed by atoms with Crippen molar-refractivity contribution < 1.29 is 9.53 Å². The quantitative estimate of drug-likeness (QED) is 0.792. The number of halogens is 3. The molecule has 20 heavy (non-hydrogen) atoms. The number of nitrogens with one attached hydrogen (secondary N) is 1. The molecule has 0 spiro atoms. The van der Waals surface area contributed by atoms with Gasteiger partial charge in [0.15, 0.2) is 0 Å². The summed E-state index contributed by atoms with van der Waals surface area (Å²) in [6.07, 6.45) is -0.235. The summed E-state index contributed by atoms with van der Waals surface area (Å²) >= 11 is 17.6. The van der Waals surface area contributed by atoms with Crippen LogP contribution >= 0.6 is 34.8 Å². The number of rotatable bonds is 6. The minimum absolute atomic E-state index is 0.111. The van der Waals surface area contributed by atoms with Crippen molar-refractivity contribution in [2.75, 3.05) is 12.4 Å². The molecular weight excluding hydrogens is 321 g/mol. The van der Waals surface area contributed by atoms with Gasteiger partial charge in [-0.1, -0.05) is 23.2 Å². The first-order valence-electron chi connectivity index (χ1n) is 6.22. The van der Waals surface area contributed by atoms with Crippen LogP contribution in [0.3, 0.4) is 0 Å². The normalized spacial score (nSPS) is 12.9. The van der Waals surface area contributed by atoms with Gasteiger partial charge in [0.1, 0.15) is 11.9 Å². The van der Waals surface area contributed by atoms with Crippen molar-refractivity contribution in [2.45, 2.75) is 26.9 Å². The highest BCUT2D eigenvalue weighted by Crippen LogP contribution is 2.28. The minimum Gasteiger partial charge on any atom is -0.487 e. The monoisotopic (exact) mass is 337 g/mol. The summed E-state index contributed by atoms with van der Waals surface area (Å²) in [5, 5.41) is 3.83. The van der Waals surface area contributed by atoms with Crippen molar-refractivity contribution in [2.24, 2.45) is 5.41 Å². The molecule has 0 saturated carbocycles. The molecule has 1 unspecified atom stereocenters. The Morgan fingerprint density at radius 2 is 2.05 bits per heavy atom. The molecule has 0 heterocycles. The molecule has 0 bridgehead atoms. The topological polar surface area (TPSA) is 38.3 Å². The smallest absolute Gasteiger partial charge is 0.226 e. The molecule has 1 aromatic carbocycles. The summed E-state index contributed by atoms with van der Waals surface area (Å²) < 4.78 is 5.66. The Morgan fingerprint density at radius 1 is 1.40 bits per heavy atom. The molecule has 0 aliphatic heterocycles. The van der Waals surface area contributed by atoms with Crippen molar-refractivity contribution in [3.05, 3.63) is 28.2 Å². The highest BCUT2D eigenvalue weighted by atomic mass is 35.5. The molecule has 0 fully saturated rings. The zero-order valence-corrected chi connectivity index (χ0v) is 13.9. The first kappa shape index (κ1) is 17.4. The molecule has 0 radical (unpaired) electrons. The van der Waals surface area contributed by atoms with Crippen LogP contribution in [0.5, 0.6) is 5.75 Å². The van der Waals surface area contributed by atoms with E-state index in [1.54, 1.807) is 32.0 Å². The van der Waals surface area contributed by atoms with Gasteiger partial charge in [-0.25, -0.2) is 0 Å². The molecule has 0 aliphatic rings. The van der Waals surface area contributed by atoms with E-state index in [4.69, 9.17) is 39.5 Å². The van der Waals surface area contributed by atoms with Crippen molar-refractivity contribution in [3.8, 4) is 5.75 Å². The average molecular weight is 339 g/mol.